The first-order chi connectivity index (χ1) is 11.7. The Kier molecular flexibility index (Phi) is 7.59. The number of fused-ring (bicyclic) bond motifs is 1. The predicted octanol–water partition coefficient (Wildman–Crippen LogP) is 7.84. The summed E-state index contributed by atoms with van der Waals surface area (Å²) in [6.07, 6.45) is 12.7. The molecule has 0 N–H and O–H groups in total. The van der Waals surface area contributed by atoms with Crippen LogP contribution in [-0.4, -0.2) is 0 Å². The molecule has 1 aromatic rings. The molecule has 1 aliphatic rings. The van der Waals surface area contributed by atoms with Crippen LogP contribution in [0, 0.1) is 0 Å². The molecule has 134 valence electrons. The quantitative estimate of drug-likeness (QED) is 0.410. The van der Waals surface area contributed by atoms with Crippen LogP contribution in [0.5, 0.6) is 0 Å². The Labute approximate surface area is 150 Å². The van der Waals surface area contributed by atoms with Crippen LogP contribution in [0.1, 0.15) is 114 Å². The minimum Gasteiger partial charge on any atom is -0.0653 e. The summed E-state index contributed by atoms with van der Waals surface area (Å²) in [5.74, 6) is 0.706. The van der Waals surface area contributed by atoms with Crippen molar-refractivity contribution in [1.29, 1.82) is 0 Å². The maximum Gasteiger partial charge on any atom is 0.00602 e. The Morgan fingerprint density at radius 2 is 1.38 bits per heavy atom. The first-order valence-corrected chi connectivity index (χ1v) is 10.6. The lowest BCUT2D eigenvalue weighted by Crippen LogP contribution is -2.03. The average Bonchev–Trinajstić information content (AvgIpc) is 2.85. The number of hydrogen-bond acceptors (Lipinski definition) is 0. The van der Waals surface area contributed by atoms with E-state index in [1.54, 1.807) is 33.4 Å². The molecule has 0 heteroatoms. The van der Waals surface area contributed by atoms with E-state index in [4.69, 9.17) is 0 Å². The Morgan fingerprint density at radius 3 is 1.96 bits per heavy atom. The number of aryl methyl sites for hydroxylation is 1. The summed E-state index contributed by atoms with van der Waals surface area (Å²) in [6, 6.07) is 4.96. The van der Waals surface area contributed by atoms with Crippen molar-refractivity contribution in [3.8, 4) is 0 Å². The van der Waals surface area contributed by atoms with Gasteiger partial charge >= 0.3 is 0 Å². The summed E-state index contributed by atoms with van der Waals surface area (Å²) in [7, 11) is 0. The van der Waals surface area contributed by atoms with Crippen molar-refractivity contribution in [3.63, 3.8) is 0 Å². The van der Waals surface area contributed by atoms with Crippen molar-refractivity contribution in [1.82, 2.24) is 0 Å². The molecule has 0 fully saturated rings. The molecule has 1 aliphatic carbocycles. The third kappa shape index (κ3) is 3.79. The topological polar surface area (TPSA) is 0 Å². The summed E-state index contributed by atoms with van der Waals surface area (Å²) in [5.41, 5.74) is 10.2. The van der Waals surface area contributed by atoms with Gasteiger partial charge < -0.3 is 0 Å². The second kappa shape index (κ2) is 9.44. The van der Waals surface area contributed by atoms with Crippen LogP contribution in [-0.2, 0) is 12.8 Å². The lowest BCUT2D eigenvalue weighted by Gasteiger charge is -2.18. The van der Waals surface area contributed by atoms with Crippen LogP contribution in [0.25, 0.3) is 5.57 Å². The first-order valence-electron chi connectivity index (χ1n) is 10.6. The summed E-state index contributed by atoms with van der Waals surface area (Å²) in [5, 5.41) is 0. The summed E-state index contributed by atoms with van der Waals surface area (Å²) in [4.78, 5) is 0. The maximum atomic E-state index is 2.50. The van der Waals surface area contributed by atoms with E-state index in [2.05, 4.69) is 46.8 Å². The van der Waals surface area contributed by atoms with Crippen LogP contribution in [0.2, 0.25) is 0 Å². The summed E-state index contributed by atoms with van der Waals surface area (Å²) < 4.78 is 0. The molecule has 0 amide bonds. The van der Waals surface area contributed by atoms with Crippen molar-refractivity contribution < 1.29 is 0 Å². The fourth-order valence-electron chi connectivity index (χ4n) is 4.70. The third-order valence-corrected chi connectivity index (χ3v) is 5.54. The SMILES string of the molecule is CCCC1=C(CCC)C(CCC)c2ccc(CCC)c(CCC)c21. The molecule has 24 heavy (non-hydrogen) atoms. The number of allylic oxidation sites excluding steroid dienone is 2. The fourth-order valence-corrected chi connectivity index (χ4v) is 4.70. The van der Waals surface area contributed by atoms with Gasteiger partial charge in [0.1, 0.15) is 0 Å². The van der Waals surface area contributed by atoms with Gasteiger partial charge in [0, 0.05) is 5.92 Å². The standard InChI is InChI=1S/C24H38/c1-6-11-18-16-17-23-21(14-9-4)20(13-8-3)22(15-10-5)24(23)19(18)12-7-2/h16-17,21H,6-15H2,1-5H3. The van der Waals surface area contributed by atoms with Crippen LogP contribution in [0.15, 0.2) is 17.7 Å². The summed E-state index contributed by atoms with van der Waals surface area (Å²) >= 11 is 0. The van der Waals surface area contributed by atoms with Crippen molar-refractivity contribution in [2.45, 2.75) is 105 Å². The molecule has 0 heterocycles. The number of rotatable bonds is 10. The van der Waals surface area contributed by atoms with Gasteiger partial charge in [-0.15, -0.1) is 0 Å². The van der Waals surface area contributed by atoms with Gasteiger partial charge in [-0.05, 0) is 59.9 Å². The van der Waals surface area contributed by atoms with Gasteiger partial charge in [0.25, 0.3) is 0 Å². The number of hydrogen-bond donors (Lipinski definition) is 0. The average molecular weight is 327 g/mol. The predicted molar refractivity (Wildman–Crippen MR) is 109 cm³/mol. The molecule has 0 aromatic heterocycles. The van der Waals surface area contributed by atoms with Crippen molar-refractivity contribution in [2.75, 3.05) is 0 Å². The van der Waals surface area contributed by atoms with Gasteiger partial charge in [-0.2, -0.15) is 0 Å². The fraction of sp³-hybridized carbons (Fsp3) is 0.667. The lowest BCUT2D eigenvalue weighted by atomic mass is 9.86. The second-order valence-corrected chi connectivity index (χ2v) is 7.51. The van der Waals surface area contributed by atoms with Crippen molar-refractivity contribution in [2.24, 2.45) is 0 Å². The monoisotopic (exact) mass is 326 g/mol. The highest BCUT2D eigenvalue weighted by atomic mass is 14.4. The normalized spacial score (nSPS) is 16.8. The zero-order valence-corrected chi connectivity index (χ0v) is 16.8. The van der Waals surface area contributed by atoms with Gasteiger partial charge in [0.2, 0.25) is 0 Å². The van der Waals surface area contributed by atoms with E-state index in [9.17, 15) is 0 Å². The Morgan fingerprint density at radius 1 is 0.708 bits per heavy atom. The highest BCUT2D eigenvalue weighted by molar-refractivity contribution is 5.81. The number of benzene rings is 1. The molecule has 1 unspecified atom stereocenters. The van der Waals surface area contributed by atoms with E-state index < -0.39 is 0 Å². The van der Waals surface area contributed by atoms with E-state index in [-0.39, 0.29) is 0 Å². The highest BCUT2D eigenvalue weighted by Gasteiger charge is 2.31. The van der Waals surface area contributed by atoms with Crippen LogP contribution >= 0.6 is 0 Å². The molecule has 0 saturated carbocycles. The van der Waals surface area contributed by atoms with Gasteiger partial charge in [-0.1, -0.05) is 84.4 Å². The molecule has 1 atom stereocenters. The Balaban J connectivity index is 2.64. The minimum absolute atomic E-state index is 0.706. The molecule has 0 nitrogen and oxygen atoms in total. The molecule has 1 aromatic carbocycles. The highest BCUT2D eigenvalue weighted by Crippen LogP contribution is 2.49. The molecular weight excluding hydrogens is 288 g/mol. The zero-order chi connectivity index (χ0) is 17.5. The lowest BCUT2D eigenvalue weighted by molar-refractivity contribution is 0.663. The largest absolute Gasteiger partial charge is 0.0653 e. The smallest absolute Gasteiger partial charge is 0.00602 e. The zero-order valence-electron chi connectivity index (χ0n) is 16.8. The Hall–Kier alpha value is -1.04. The van der Waals surface area contributed by atoms with Gasteiger partial charge in [0.15, 0.2) is 0 Å². The van der Waals surface area contributed by atoms with Crippen LogP contribution in [0.4, 0.5) is 0 Å². The van der Waals surface area contributed by atoms with Crippen LogP contribution in [0.3, 0.4) is 0 Å². The molecule has 0 radical (unpaired) electrons. The molecule has 0 saturated heterocycles. The van der Waals surface area contributed by atoms with E-state index in [0.717, 1.165) is 0 Å². The molecule has 0 spiro atoms. The third-order valence-electron chi connectivity index (χ3n) is 5.54. The van der Waals surface area contributed by atoms with Gasteiger partial charge in [0.05, 0.1) is 0 Å². The Bertz CT molecular complexity index is 562. The first kappa shape index (κ1) is 19.3. The summed E-state index contributed by atoms with van der Waals surface area (Å²) in [6.45, 7) is 11.7. The molecule has 0 aliphatic heterocycles. The van der Waals surface area contributed by atoms with Gasteiger partial charge in [-0.25, -0.2) is 0 Å². The molecular formula is C24H38. The van der Waals surface area contributed by atoms with E-state index in [1.807, 2.05) is 0 Å². The molecule has 2 rings (SSSR count). The molecule has 0 bridgehead atoms. The van der Waals surface area contributed by atoms with E-state index in [0.29, 0.717) is 5.92 Å². The van der Waals surface area contributed by atoms with Crippen molar-refractivity contribution in [3.05, 3.63) is 40.0 Å². The second-order valence-electron chi connectivity index (χ2n) is 7.51. The van der Waals surface area contributed by atoms with Crippen molar-refractivity contribution >= 4 is 5.57 Å². The maximum absolute atomic E-state index is 2.50. The van der Waals surface area contributed by atoms with Crippen LogP contribution < -0.4 is 0 Å². The minimum atomic E-state index is 0.706. The van der Waals surface area contributed by atoms with E-state index in [1.165, 1.54) is 64.2 Å². The van der Waals surface area contributed by atoms with E-state index >= 15 is 0 Å². The van der Waals surface area contributed by atoms with Gasteiger partial charge in [-0.3, -0.25) is 0 Å².